The van der Waals surface area contributed by atoms with E-state index in [1.807, 2.05) is 4.90 Å². The van der Waals surface area contributed by atoms with Crippen molar-refractivity contribution in [2.45, 2.75) is 19.0 Å². The van der Waals surface area contributed by atoms with Crippen LogP contribution >= 0.6 is 0 Å². The lowest BCUT2D eigenvalue weighted by Gasteiger charge is -2.32. The molecule has 0 saturated carbocycles. The number of piperidine rings is 1. The molecule has 0 aromatic heterocycles. The SMILES string of the molecule is O=C(Nc1cc(C(F)(F)F)ccc1O)C1CCN(c2ccccc2[N+](=O)[O-])CC1. The third kappa shape index (κ3) is 4.58. The van der Waals surface area contributed by atoms with Crippen LogP contribution in [0.15, 0.2) is 42.5 Å². The van der Waals surface area contributed by atoms with Crippen molar-refractivity contribution in [2.24, 2.45) is 5.92 Å². The fourth-order valence-corrected chi connectivity index (χ4v) is 3.32. The second-order valence-corrected chi connectivity index (χ2v) is 6.73. The van der Waals surface area contributed by atoms with Gasteiger partial charge in [-0.3, -0.25) is 14.9 Å². The van der Waals surface area contributed by atoms with Crippen LogP contribution in [-0.2, 0) is 11.0 Å². The highest BCUT2D eigenvalue weighted by molar-refractivity contribution is 5.94. The largest absolute Gasteiger partial charge is 0.506 e. The lowest BCUT2D eigenvalue weighted by Crippen LogP contribution is -2.38. The fraction of sp³-hybridized carbons (Fsp3) is 0.316. The molecule has 1 aliphatic rings. The van der Waals surface area contributed by atoms with Gasteiger partial charge in [-0.25, -0.2) is 0 Å². The Balaban J connectivity index is 1.66. The standard InChI is InChI=1S/C19H18F3N3O4/c20-19(21,22)13-5-6-17(26)14(11-13)23-18(27)12-7-9-24(10-8-12)15-3-1-2-4-16(15)25(28)29/h1-6,11-12,26H,7-10H2,(H,23,27). The number of nitrogens with one attached hydrogen (secondary N) is 1. The number of anilines is 2. The molecule has 0 spiro atoms. The molecular weight excluding hydrogens is 391 g/mol. The Morgan fingerprint density at radius 3 is 2.45 bits per heavy atom. The highest BCUT2D eigenvalue weighted by Crippen LogP contribution is 2.35. The second-order valence-electron chi connectivity index (χ2n) is 6.73. The quantitative estimate of drug-likeness (QED) is 0.449. The summed E-state index contributed by atoms with van der Waals surface area (Å²) in [5.74, 6) is -1.44. The van der Waals surface area contributed by atoms with Crippen LogP contribution in [0.4, 0.5) is 30.2 Å². The van der Waals surface area contributed by atoms with Crippen molar-refractivity contribution in [3.05, 3.63) is 58.1 Å². The van der Waals surface area contributed by atoms with E-state index in [-0.39, 0.29) is 11.4 Å². The van der Waals surface area contributed by atoms with Crippen molar-refractivity contribution in [3.8, 4) is 5.75 Å². The summed E-state index contributed by atoms with van der Waals surface area (Å²) in [6.07, 6.45) is -3.85. The van der Waals surface area contributed by atoms with Crippen LogP contribution in [0.3, 0.4) is 0 Å². The molecule has 2 aromatic rings. The van der Waals surface area contributed by atoms with Gasteiger partial charge in [0.2, 0.25) is 5.91 Å². The minimum atomic E-state index is -4.59. The predicted octanol–water partition coefficient (Wildman–Crippen LogP) is 4.17. The van der Waals surface area contributed by atoms with Gasteiger partial charge >= 0.3 is 6.18 Å². The number of amides is 1. The molecule has 7 nitrogen and oxygen atoms in total. The third-order valence-electron chi connectivity index (χ3n) is 4.87. The first-order valence-corrected chi connectivity index (χ1v) is 8.86. The van der Waals surface area contributed by atoms with Gasteiger partial charge in [0.1, 0.15) is 11.4 Å². The molecule has 1 heterocycles. The number of phenols is 1. The van der Waals surface area contributed by atoms with E-state index >= 15 is 0 Å². The molecule has 1 saturated heterocycles. The topological polar surface area (TPSA) is 95.7 Å². The van der Waals surface area contributed by atoms with Crippen molar-refractivity contribution in [2.75, 3.05) is 23.3 Å². The number of hydrogen-bond acceptors (Lipinski definition) is 5. The summed E-state index contributed by atoms with van der Waals surface area (Å²) in [6.45, 7) is 0.773. The molecule has 1 aliphatic heterocycles. The zero-order valence-corrected chi connectivity index (χ0v) is 15.1. The van der Waals surface area contributed by atoms with E-state index in [1.165, 1.54) is 6.07 Å². The first-order chi connectivity index (χ1) is 13.7. The van der Waals surface area contributed by atoms with Gasteiger partial charge in [0.05, 0.1) is 16.2 Å². The minimum Gasteiger partial charge on any atom is -0.506 e. The molecule has 3 rings (SSSR count). The van der Waals surface area contributed by atoms with E-state index in [0.29, 0.717) is 37.7 Å². The number of benzene rings is 2. The number of aromatic hydroxyl groups is 1. The zero-order valence-electron chi connectivity index (χ0n) is 15.1. The molecule has 2 N–H and O–H groups in total. The normalized spacial score (nSPS) is 15.2. The number of hydrogen-bond donors (Lipinski definition) is 2. The highest BCUT2D eigenvalue weighted by Gasteiger charge is 2.32. The molecule has 0 aliphatic carbocycles. The third-order valence-corrected chi connectivity index (χ3v) is 4.87. The Hall–Kier alpha value is -3.30. The number of carbonyl (C=O) groups is 1. The number of nitro benzene ring substituents is 1. The number of nitrogens with zero attached hydrogens (tertiary/aromatic N) is 2. The Labute approximate surface area is 163 Å². The van der Waals surface area contributed by atoms with Crippen molar-refractivity contribution in [1.82, 2.24) is 0 Å². The van der Waals surface area contributed by atoms with Crippen LogP contribution < -0.4 is 10.2 Å². The lowest BCUT2D eigenvalue weighted by molar-refractivity contribution is -0.384. The van der Waals surface area contributed by atoms with Gasteiger partial charge in [-0.1, -0.05) is 12.1 Å². The molecule has 0 atom stereocenters. The summed E-state index contributed by atoms with van der Waals surface area (Å²) in [4.78, 5) is 25.0. The van der Waals surface area contributed by atoms with Crippen LogP contribution in [0.25, 0.3) is 0 Å². The zero-order chi connectivity index (χ0) is 21.2. The van der Waals surface area contributed by atoms with E-state index in [1.54, 1.807) is 18.2 Å². The van der Waals surface area contributed by atoms with Gasteiger partial charge in [0.15, 0.2) is 0 Å². The average Bonchev–Trinajstić information content (AvgIpc) is 2.69. The predicted molar refractivity (Wildman–Crippen MR) is 99.8 cm³/mol. The smallest absolute Gasteiger partial charge is 0.416 e. The number of para-hydroxylation sites is 2. The summed E-state index contributed by atoms with van der Waals surface area (Å²) in [5.41, 5.74) is -0.834. The summed E-state index contributed by atoms with van der Waals surface area (Å²) < 4.78 is 38.5. The Morgan fingerprint density at radius 2 is 1.83 bits per heavy atom. The monoisotopic (exact) mass is 409 g/mol. The number of halogens is 3. The first kappa shape index (κ1) is 20.4. The van der Waals surface area contributed by atoms with Crippen molar-refractivity contribution in [3.63, 3.8) is 0 Å². The number of nitro groups is 1. The number of carbonyl (C=O) groups excluding carboxylic acids is 1. The van der Waals surface area contributed by atoms with Crippen LogP contribution in [0.1, 0.15) is 18.4 Å². The van der Waals surface area contributed by atoms with E-state index in [9.17, 15) is 33.2 Å². The van der Waals surface area contributed by atoms with Gasteiger partial charge in [-0.2, -0.15) is 13.2 Å². The Kier molecular flexibility index (Phi) is 5.62. The summed E-state index contributed by atoms with van der Waals surface area (Å²) in [5, 5.41) is 23.3. The number of alkyl halides is 3. The average molecular weight is 409 g/mol. The Bertz CT molecular complexity index is 925. The van der Waals surface area contributed by atoms with Crippen molar-refractivity contribution >= 4 is 23.0 Å². The van der Waals surface area contributed by atoms with Crippen LogP contribution in [0.2, 0.25) is 0 Å². The van der Waals surface area contributed by atoms with Gasteiger partial charge in [0.25, 0.3) is 5.69 Å². The van der Waals surface area contributed by atoms with E-state index in [4.69, 9.17) is 0 Å². The summed E-state index contributed by atoms with van der Waals surface area (Å²) >= 11 is 0. The first-order valence-electron chi connectivity index (χ1n) is 8.86. The maximum Gasteiger partial charge on any atom is 0.416 e. The summed E-state index contributed by atoms with van der Waals surface area (Å²) in [6, 6.07) is 8.62. The van der Waals surface area contributed by atoms with E-state index in [2.05, 4.69) is 5.32 Å². The van der Waals surface area contributed by atoms with Gasteiger partial charge in [-0.15, -0.1) is 0 Å². The molecule has 2 aromatic carbocycles. The molecule has 0 unspecified atom stereocenters. The van der Waals surface area contributed by atoms with Crippen LogP contribution in [-0.4, -0.2) is 29.0 Å². The fourth-order valence-electron chi connectivity index (χ4n) is 3.32. The van der Waals surface area contributed by atoms with Crippen LogP contribution in [0.5, 0.6) is 5.75 Å². The van der Waals surface area contributed by atoms with Crippen molar-refractivity contribution < 1.29 is 28.0 Å². The molecule has 29 heavy (non-hydrogen) atoms. The number of rotatable bonds is 4. The van der Waals surface area contributed by atoms with E-state index < -0.39 is 34.2 Å². The number of phenolic OH excluding ortho intramolecular Hbond substituents is 1. The Morgan fingerprint density at radius 1 is 1.17 bits per heavy atom. The maximum absolute atomic E-state index is 12.8. The molecule has 0 radical (unpaired) electrons. The van der Waals surface area contributed by atoms with Crippen molar-refractivity contribution in [1.29, 1.82) is 0 Å². The van der Waals surface area contributed by atoms with E-state index in [0.717, 1.165) is 12.1 Å². The second kappa shape index (κ2) is 7.98. The molecule has 10 heteroatoms. The molecular formula is C19H18F3N3O4. The minimum absolute atomic E-state index is 0.0238. The summed E-state index contributed by atoms with van der Waals surface area (Å²) in [7, 11) is 0. The van der Waals surface area contributed by atoms with Gasteiger partial charge in [0, 0.05) is 25.1 Å². The maximum atomic E-state index is 12.8. The molecule has 154 valence electrons. The van der Waals surface area contributed by atoms with Gasteiger partial charge in [-0.05, 0) is 37.1 Å². The lowest BCUT2D eigenvalue weighted by atomic mass is 9.95. The highest BCUT2D eigenvalue weighted by atomic mass is 19.4. The molecule has 1 amide bonds. The molecule has 0 bridgehead atoms. The van der Waals surface area contributed by atoms with Gasteiger partial charge < -0.3 is 15.3 Å². The van der Waals surface area contributed by atoms with Crippen LogP contribution in [0, 0.1) is 16.0 Å². The molecule has 1 fully saturated rings.